The van der Waals surface area contributed by atoms with Crippen molar-refractivity contribution in [3.63, 3.8) is 0 Å². The lowest BCUT2D eigenvalue weighted by molar-refractivity contribution is -0.159. The fourth-order valence-corrected chi connectivity index (χ4v) is 1.93. The maximum absolute atomic E-state index is 10.8. The molecule has 0 aromatic heterocycles. The van der Waals surface area contributed by atoms with Crippen molar-refractivity contribution in [3.8, 4) is 0 Å². The monoisotopic (exact) mass is 201 g/mol. The Hall–Kier alpha value is -0.610. The molecule has 1 atom stereocenters. The summed E-state index contributed by atoms with van der Waals surface area (Å²) in [5.41, 5.74) is -1.48. The van der Waals surface area contributed by atoms with E-state index in [9.17, 15) is 9.90 Å². The van der Waals surface area contributed by atoms with Crippen LogP contribution in [0.5, 0.6) is 0 Å². The van der Waals surface area contributed by atoms with Gasteiger partial charge >= 0.3 is 5.97 Å². The Morgan fingerprint density at radius 3 is 2.71 bits per heavy atom. The van der Waals surface area contributed by atoms with Crippen LogP contribution in [0.2, 0.25) is 0 Å². The van der Waals surface area contributed by atoms with E-state index >= 15 is 0 Å². The molecular weight excluding hydrogens is 182 g/mol. The third-order valence-corrected chi connectivity index (χ3v) is 2.84. The smallest absolute Gasteiger partial charge is 0.335 e. The Kier molecular flexibility index (Phi) is 3.89. The van der Waals surface area contributed by atoms with Gasteiger partial charge in [-0.15, -0.1) is 0 Å². The Morgan fingerprint density at radius 2 is 2.14 bits per heavy atom. The van der Waals surface area contributed by atoms with Crippen molar-refractivity contribution in [1.29, 1.82) is 0 Å². The molecule has 1 unspecified atom stereocenters. The van der Waals surface area contributed by atoms with Crippen LogP contribution in [-0.4, -0.2) is 46.3 Å². The van der Waals surface area contributed by atoms with Crippen molar-refractivity contribution in [3.05, 3.63) is 0 Å². The minimum Gasteiger partial charge on any atom is -0.479 e. The van der Waals surface area contributed by atoms with Gasteiger partial charge in [-0.3, -0.25) is 0 Å². The fourth-order valence-electron chi connectivity index (χ4n) is 1.93. The summed E-state index contributed by atoms with van der Waals surface area (Å²) in [5.74, 6) is -1.07. The summed E-state index contributed by atoms with van der Waals surface area (Å²) in [5, 5.41) is 18.7. The lowest BCUT2D eigenvalue weighted by atomic mass is 9.95. The van der Waals surface area contributed by atoms with Gasteiger partial charge in [0.1, 0.15) is 0 Å². The van der Waals surface area contributed by atoms with E-state index in [1.807, 2.05) is 0 Å². The van der Waals surface area contributed by atoms with Gasteiger partial charge in [-0.2, -0.15) is 0 Å². The van der Waals surface area contributed by atoms with E-state index < -0.39 is 11.6 Å². The number of carbonyl (C=O) groups is 1. The molecule has 1 fully saturated rings. The highest BCUT2D eigenvalue weighted by atomic mass is 16.4. The second kappa shape index (κ2) is 4.75. The molecule has 0 aromatic carbocycles. The van der Waals surface area contributed by atoms with Crippen LogP contribution in [0, 0.1) is 0 Å². The second-order valence-corrected chi connectivity index (χ2v) is 4.03. The highest BCUT2D eigenvalue weighted by molar-refractivity contribution is 5.77. The molecule has 1 aliphatic rings. The number of aliphatic hydroxyl groups is 1. The minimum atomic E-state index is -1.48. The van der Waals surface area contributed by atoms with E-state index in [2.05, 4.69) is 11.8 Å². The zero-order chi connectivity index (χ0) is 10.6. The number of hydrogen-bond donors (Lipinski definition) is 2. The van der Waals surface area contributed by atoms with Gasteiger partial charge in [0.2, 0.25) is 0 Å². The third kappa shape index (κ3) is 2.69. The predicted octanol–water partition coefficient (Wildman–Crippen LogP) is 0.698. The third-order valence-electron chi connectivity index (χ3n) is 2.84. The van der Waals surface area contributed by atoms with Gasteiger partial charge in [-0.1, -0.05) is 6.92 Å². The van der Waals surface area contributed by atoms with Crippen LogP contribution in [0.3, 0.4) is 0 Å². The topological polar surface area (TPSA) is 60.8 Å². The minimum absolute atomic E-state index is 0.350. The zero-order valence-electron chi connectivity index (χ0n) is 8.70. The van der Waals surface area contributed by atoms with Crippen LogP contribution in [0.1, 0.15) is 32.6 Å². The number of hydrogen-bond acceptors (Lipinski definition) is 3. The molecule has 2 N–H and O–H groups in total. The summed E-state index contributed by atoms with van der Waals surface area (Å²) in [6, 6.07) is 0. The first kappa shape index (κ1) is 11.5. The molecule has 0 aromatic rings. The summed E-state index contributed by atoms with van der Waals surface area (Å²) in [6.45, 7) is 4.70. The van der Waals surface area contributed by atoms with E-state index in [4.69, 9.17) is 5.11 Å². The van der Waals surface area contributed by atoms with Crippen LogP contribution in [-0.2, 0) is 4.79 Å². The maximum Gasteiger partial charge on any atom is 0.335 e. The number of nitrogens with zero attached hydrogens (tertiary/aromatic N) is 1. The first-order valence-electron chi connectivity index (χ1n) is 5.26. The van der Waals surface area contributed by atoms with Crippen molar-refractivity contribution in [2.24, 2.45) is 0 Å². The summed E-state index contributed by atoms with van der Waals surface area (Å²) in [4.78, 5) is 13.0. The number of carboxylic acids is 1. The number of carboxylic acid groups (broad SMARTS) is 1. The normalized spacial score (nSPS) is 29.9. The second-order valence-electron chi connectivity index (χ2n) is 4.03. The van der Waals surface area contributed by atoms with E-state index in [0.717, 1.165) is 25.9 Å². The van der Waals surface area contributed by atoms with Gasteiger partial charge in [-0.25, -0.2) is 4.79 Å². The van der Waals surface area contributed by atoms with Gasteiger partial charge in [0, 0.05) is 6.54 Å². The molecule has 82 valence electrons. The van der Waals surface area contributed by atoms with E-state index in [1.54, 1.807) is 0 Å². The molecule has 14 heavy (non-hydrogen) atoms. The van der Waals surface area contributed by atoms with Crippen LogP contribution in [0.4, 0.5) is 0 Å². The van der Waals surface area contributed by atoms with Gasteiger partial charge in [0.05, 0.1) is 0 Å². The Balaban J connectivity index is 2.52. The number of aliphatic carboxylic acids is 1. The van der Waals surface area contributed by atoms with Gasteiger partial charge in [-0.05, 0) is 38.8 Å². The molecule has 1 aliphatic heterocycles. The van der Waals surface area contributed by atoms with Crippen LogP contribution in [0.25, 0.3) is 0 Å². The molecule has 4 heteroatoms. The molecule has 0 spiro atoms. The molecule has 4 nitrogen and oxygen atoms in total. The molecule has 1 rings (SSSR count). The van der Waals surface area contributed by atoms with Crippen molar-refractivity contribution in [2.45, 2.75) is 38.2 Å². The van der Waals surface area contributed by atoms with Crippen molar-refractivity contribution in [2.75, 3.05) is 19.6 Å². The van der Waals surface area contributed by atoms with Crippen LogP contribution in [0.15, 0.2) is 0 Å². The summed E-state index contributed by atoms with van der Waals surface area (Å²) in [7, 11) is 0. The van der Waals surface area contributed by atoms with Gasteiger partial charge < -0.3 is 15.1 Å². The fraction of sp³-hybridized carbons (Fsp3) is 0.900. The predicted molar refractivity (Wildman–Crippen MR) is 53.2 cm³/mol. The first-order valence-corrected chi connectivity index (χ1v) is 5.26. The quantitative estimate of drug-likeness (QED) is 0.705. The van der Waals surface area contributed by atoms with E-state index in [0.29, 0.717) is 19.4 Å². The maximum atomic E-state index is 10.8. The molecule has 0 amide bonds. The Labute approximate surface area is 84.5 Å². The van der Waals surface area contributed by atoms with Crippen LogP contribution < -0.4 is 0 Å². The van der Waals surface area contributed by atoms with E-state index in [-0.39, 0.29) is 0 Å². The average molecular weight is 201 g/mol. The molecule has 0 radical (unpaired) electrons. The van der Waals surface area contributed by atoms with Gasteiger partial charge in [0.15, 0.2) is 5.60 Å². The summed E-state index contributed by atoms with van der Waals surface area (Å²) in [6.07, 6.45) is 2.57. The average Bonchev–Trinajstić information content (AvgIpc) is 2.30. The van der Waals surface area contributed by atoms with E-state index in [1.165, 1.54) is 0 Å². The molecular formula is C10H19NO3. The zero-order valence-corrected chi connectivity index (χ0v) is 8.70. The number of likely N-dealkylation sites (tertiary alicyclic amines) is 1. The molecule has 0 aliphatic carbocycles. The largest absolute Gasteiger partial charge is 0.479 e. The lowest BCUT2D eigenvalue weighted by Gasteiger charge is -2.22. The molecule has 0 saturated carbocycles. The summed E-state index contributed by atoms with van der Waals surface area (Å²) >= 11 is 0. The van der Waals surface area contributed by atoms with Crippen molar-refractivity contribution >= 4 is 5.97 Å². The number of rotatable bonds is 3. The Morgan fingerprint density at radius 1 is 1.43 bits per heavy atom. The standard InChI is InChI=1S/C10H19NO3/c1-2-6-11-7-3-4-10(14,5-8-11)9(12)13/h14H,2-8H2,1H3,(H,12,13). The van der Waals surface area contributed by atoms with Crippen LogP contribution >= 0.6 is 0 Å². The van der Waals surface area contributed by atoms with Gasteiger partial charge in [0.25, 0.3) is 0 Å². The van der Waals surface area contributed by atoms with Crippen molar-refractivity contribution < 1.29 is 15.0 Å². The SMILES string of the molecule is CCCN1CCCC(O)(C(=O)O)CC1. The Bertz CT molecular complexity index is 208. The molecule has 1 heterocycles. The molecule has 0 bridgehead atoms. The highest BCUT2D eigenvalue weighted by Crippen LogP contribution is 2.22. The lowest BCUT2D eigenvalue weighted by Crippen LogP contribution is -2.39. The summed E-state index contributed by atoms with van der Waals surface area (Å²) < 4.78 is 0. The van der Waals surface area contributed by atoms with Crippen molar-refractivity contribution in [1.82, 2.24) is 4.90 Å². The highest BCUT2D eigenvalue weighted by Gasteiger charge is 2.37. The first-order chi connectivity index (χ1) is 6.58. The molecule has 1 saturated heterocycles.